The second-order valence-electron chi connectivity index (χ2n) is 10.8. The summed E-state index contributed by atoms with van der Waals surface area (Å²) in [6.07, 6.45) is 4.96. The van der Waals surface area contributed by atoms with Crippen molar-refractivity contribution >= 4 is 29.2 Å². The summed E-state index contributed by atoms with van der Waals surface area (Å²) in [5, 5.41) is 14.3. The van der Waals surface area contributed by atoms with Crippen LogP contribution in [0.15, 0.2) is 24.3 Å². The Kier molecular flexibility index (Phi) is 8.49. The van der Waals surface area contributed by atoms with E-state index in [2.05, 4.69) is 44.3 Å². The standard InChI is InChI=1S/C29H38N8O3/c1-35-12-6-8-21(35)18-40-29-33-26(25(31)27(34-29)37-14-13-36(2)20(17-37)10-11-30)28(38)32-24-16-22(39-3)15-19-7-4-5-9-23(19)24/h4-5,7,9,15,20-22H,6,8,10,12-14,16-18,31H2,1-3H3,(H,32,38)/t20-,21-,22?/m0/s1. The molecule has 40 heavy (non-hydrogen) atoms. The van der Waals surface area contributed by atoms with Crippen LogP contribution in [0.2, 0.25) is 0 Å². The van der Waals surface area contributed by atoms with Crippen LogP contribution >= 0.6 is 0 Å². The van der Waals surface area contributed by atoms with Crippen LogP contribution in [-0.4, -0.2) is 97.9 Å². The number of carbonyl (C=O) groups excluding carboxylic acids is 1. The van der Waals surface area contributed by atoms with Gasteiger partial charge in [-0.05, 0) is 44.8 Å². The van der Waals surface area contributed by atoms with Crippen LogP contribution in [-0.2, 0) is 4.74 Å². The van der Waals surface area contributed by atoms with Gasteiger partial charge in [-0.15, -0.1) is 0 Å². The molecular formula is C29H38N8O3. The number of hydrogen-bond donors (Lipinski definition) is 2. The number of methoxy groups -OCH3 is 1. The monoisotopic (exact) mass is 546 g/mol. The number of anilines is 2. The van der Waals surface area contributed by atoms with Crippen molar-refractivity contribution in [1.29, 1.82) is 5.26 Å². The molecule has 212 valence electrons. The Labute approximate surface area is 234 Å². The third-order valence-electron chi connectivity index (χ3n) is 8.22. The number of piperazine rings is 1. The molecule has 0 bridgehead atoms. The van der Waals surface area contributed by atoms with E-state index in [0.29, 0.717) is 38.4 Å². The number of nitrogen functional groups attached to an aromatic ring is 1. The Balaban J connectivity index is 1.48. The van der Waals surface area contributed by atoms with Gasteiger partial charge >= 0.3 is 6.01 Å². The molecule has 1 aromatic carbocycles. The van der Waals surface area contributed by atoms with E-state index in [0.717, 1.165) is 42.1 Å². The first-order valence-electron chi connectivity index (χ1n) is 13.8. The summed E-state index contributed by atoms with van der Waals surface area (Å²) in [6.45, 7) is 3.41. The van der Waals surface area contributed by atoms with E-state index < -0.39 is 5.91 Å². The van der Waals surface area contributed by atoms with Crippen molar-refractivity contribution in [3.05, 3.63) is 40.4 Å². The Bertz CT molecular complexity index is 1410. The molecule has 2 aliphatic heterocycles. The van der Waals surface area contributed by atoms with Gasteiger partial charge in [0, 0.05) is 56.2 Å². The summed E-state index contributed by atoms with van der Waals surface area (Å²) >= 11 is 0. The summed E-state index contributed by atoms with van der Waals surface area (Å²) in [7, 11) is 5.75. The maximum atomic E-state index is 13.8. The highest BCUT2D eigenvalue weighted by Crippen LogP contribution is 2.29. The molecule has 3 heterocycles. The summed E-state index contributed by atoms with van der Waals surface area (Å²) in [5.74, 6) is 0.0383. The van der Waals surface area contributed by atoms with E-state index in [9.17, 15) is 10.1 Å². The normalized spacial score (nSPS) is 23.3. The van der Waals surface area contributed by atoms with E-state index in [-0.39, 0.29) is 35.6 Å². The molecule has 0 saturated carbocycles. The van der Waals surface area contributed by atoms with Gasteiger partial charge in [0.25, 0.3) is 5.91 Å². The molecule has 5 rings (SSSR count). The van der Waals surface area contributed by atoms with Crippen molar-refractivity contribution in [3.8, 4) is 12.1 Å². The lowest BCUT2D eigenvalue weighted by atomic mass is 10.0. The topological polar surface area (TPSA) is 133 Å². The number of hydrogen-bond acceptors (Lipinski definition) is 10. The summed E-state index contributed by atoms with van der Waals surface area (Å²) in [5.41, 5.74) is 7.64. The molecule has 2 fully saturated rings. The number of likely N-dealkylation sites (tertiary alicyclic amines) is 1. The van der Waals surface area contributed by atoms with Gasteiger partial charge in [-0.3, -0.25) is 9.69 Å². The Morgan fingerprint density at radius 1 is 1.18 bits per heavy atom. The average Bonchev–Trinajstić information content (AvgIpc) is 3.38. The lowest BCUT2D eigenvalue weighted by Gasteiger charge is -2.39. The van der Waals surface area contributed by atoms with Gasteiger partial charge < -0.3 is 30.3 Å². The zero-order valence-corrected chi connectivity index (χ0v) is 23.5. The fraction of sp³-hybridized carbons (Fsp3) is 0.517. The summed E-state index contributed by atoms with van der Waals surface area (Å²) in [6, 6.07) is 10.6. The summed E-state index contributed by atoms with van der Waals surface area (Å²) < 4.78 is 11.7. The molecule has 1 aliphatic carbocycles. The van der Waals surface area contributed by atoms with Crippen LogP contribution < -0.4 is 31.1 Å². The minimum atomic E-state index is -0.423. The molecule has 1 unspecified atom stereocenters. The minimum absolute atomic E-state index is 0.0263. The number of aromatic nitrogens is 2. The van der Waals surface area contributed by atoms with Crippen molar-refractivity contribution in [2.75, 3.05) is 64.6 Å². The van der Waals surface area contributed by atoms with Crippen molar-refractivity contribution in [3.63, 3.8) is 0 Å². The average molecular weight is 547 g/mol. The number of amides is 1. The molecule has 1 amide bonds. The van der Waals surface area contributed by atoms with E-state index in [4.69, 9.17) is 15.2 Å². The van der Waals surface area contributed by atoms with Crippen LogP contribution in [0.3, 0.4) is 0 Å². The van der Waals surface area contributed by atoms with Crippen molar-refractivity contribution < 1.29 is 14.3 Å². The van der Waals surface area contributed by atoms with E-state index in [1.54, 1.807) is 7.11 Å². The molecule has 0 radical (unpaired) electrons. The largest absolute Gasteiger partial charge is 0.462 e. The summed E-state index contributed by atoms with van der Waals surface area (Å²) in [4.78, 5) is 29.4. The fourth-order valence-electron chi connectivity index (χ4n) is 5.69. The lowest BCUT2D eigenvalue weighted by molar-refractivity contribution is 0.0962. The van der Waals surface area contributed by atoms with Gasteiger partial charge in [0.05, 0.1) is 18.6 Å². The number of benzene rings is 1. The predicted molar refractivity (Wildman–Crippen MR) is 153 cm³/mol. The van der Waals surface area contributed by atoms with Crippen LogP contribution in [0.25, 0.3) is 11.8 Å². The number of nitrogens with zero attached hydrogens (tertiary/aromatic N) is 6. The molecule has 11 nitrogen and oxygen atoms in total. The van der Waals surface area contributed by atoms with E-state index in [1.807, 2.05) is 36.2 Å². The van der Waals surface area contributed by atoms with Gasteiger partial charge in [0.1, 0.15) is 12.3 Å². The van der Waals surface area contributed by atoms with E-state index >= 15 is 0 Å². The first-order valence-corrected chi connectivity index (χ1v) is 13.8. The Morgan fingerprint density at radius 2 is 1.98 bits per heavy atom. The zero-order valence-electron chi connectivity index (χ0n) is 23.5. The van der Waals surface area contributed by atoms with Crippen LogP contribution in [0.4, 0.5) is 11.5 Å². The smallest absolute Gasteiger partial charge is 0.319 e. The molecule has 0 spiro atoms. The SMILES string of the molecule is COC1C=c2ccccc2=C(NC(=O)c2nc(OC[C@@H]3CCCN3C)nc(N3CCN(C)[C@@H](CC#N)C3)c2N)C1. The van der Waals surface area contributed by atoms with Gasteiger partial charge in [0.15, 0.2) is 11.5 Å². The second-order valence-corrected chi connectivity index (χ2v) is 10.8. The minimum Gasteiger partial charge on any atom is -0.462 e. The van der Waals surface area contributed by atoms with Gasteiger partial charge in [-0.25, -0.2) is 0 Å². The van der Waals surface area contributed by atoms with Crippen molar-refractivity contribution in [1.82, 2.24) is 25.1 Å². The quantitative estimate of drug-likeness (QED) is 0.476. The van der Waals surface area contributed by atoms with Gasteiger partial charge in [-0.2, -0.15) is 15.2 Å². The van der Waals surface area contributed by atoms with Crippen LogP contribution in [0, 0.1) is 11.3 Å². The second kappa shape index (κ2) is 12.2. The lowest BCUT2D eigenvalue weighted by Crippen LogP contribution is -2.52. The highest BCUT2D eigenvalue weighted by molar-refractivity contribution is 6.02. The van der Waals surface area contributed by atoms with Crippen molar-refractivity contribution in [2.45, 2.75) is 43.9 Å². The first-order chi connectivity index (χ1) is 19.4. The number of rotatable bonds is 8. The maximum absolute atomic E-state index is 13.8. The van der Waals surface area contributed by atoms with Crippen LogP contribution in [0.1, 0.15) is 36.2 Å². The number of ether oxygens (including phenoxy) is 2. The Morgan fingerprint density at radius 3 is 2.73 bits per heavy atom. The Hall–Kier alpha value is -3.72. The van der Waals surface area contributed by atoms with Crippen LogP contribution in [0.5, 0.6) is 6.01 Å². The third-order valence-corrected chi connectivity index (χ3v) is 8.22. The highest BCUT2D eigenvalue weighted by atomic mass is 16.5. The fourth-order valence-corrected chi connectivity index (χ4v) is 5.69. The number of nitriles is 1. The van der Waals surface area contributed by atoms with E-state index in [1.165, 1.54) is 0 Å². The van der Waals surface area contributed by atoms with Gasteiger partial charge in [0.2, 0.25) is 0 Å². The molecule has 2 aromatic rings. The molecule has 3 N–H and O–H groups in total. The first kappa shape index (κ1) is 27.8. The molecule has 3 aliphatic rings. The van der Waals surface area contributed by atoms with Crippen molar-refractivity contribution in [2.24, 2.45) is 0 Å². The number of likely N-dealkylation sites (N-methyl/N-ethyl adjacent to an activating group) is 2. The number of carbonyl (C=O) groups is 1. The predicted octanol–water partition coefficient (Wildman–Crippen LogP) is 0.303. The van der Waals surface area contributed by atoms with Gasteiger partial charge in [-0.1, -0.05) is 24.3 Å². The molecule has 11 heteroatoms. The third kappa shape index (κ3) is 5.89. The number of nitrogens with one attached hydrogen (secondary N) is 1. The molecule has 3 atom stereocenters. The zero-order chi connectivity index (χ0) is 28.2. The number of fused-ring (bicyclic) bond motifs is 1. The maximum Gasteiger partial charge on any atom is 0.319 e. The molecule has 2 saturated heterocycles. The molecule has 1 aromatic heterocycles. The number of nitrogens with two attached hydrogens (primary N) is 1. The molecular weight excluding hydrogens is 508 g/mol. The highest BCUT2D eigenvalue weighted by Gasteiger charge is 2.30.